The van der Waals surface area contributed by atoms with Crippen molar-refractivity contribution in [2.45, 2.75) is 57.2 Å². The smallest absolute Gasteiger partial charge is 0.441 e. The highest BCUT2D eigenvalue weighted by Crippen LogP contribution is 2.43. The maximum Gasteiger partial charge on any atom is 0.441 e. The number of hydrogen-bond donors (Lipinski definition) is 3. The van der Waals surface area contributed by atoms with E-state index in [4.69, 9.17) is 4.74 Å². The molecule has 0 heterocycles. The number of carbonyl (C=O) groups excluding carboxylic acids is 3. The second-order valence-corrected chi connectivity index (χ2v) is 7.24. The van der Waals surface area contributed by atoms with Crippen molar-refractivity contribution < 1.29 is 60.0 Å². The molecule has 1 rings (SSSR count). The van der Waals surface area contributed by atoms with Crippen molar-refractivity contribution in [1.82, 2.24) is 5.32 Å². The molecule has 0 saturated carbocycles. The number of methoxy groups -OCH3 is 1. The second kappa shape index (κ2) is 11.7. The Balaban J connectivity index is 3.87. The van der Waals surface area contributed by atoms with E-state index in [2.05, 4.69) is 9.47 Å². The van der Waals surface area contributed by atoms with Crippen LogP contribution in [0.5, 0.6) is 5.75 Å². The van der Waals surface area contributed by atoms with Gasteiger partial charge in [-0.05, 0) is 32.4 Å². The van der Waals surface area contributed by atoms with Crippen LogP contribution in [0.4, 0.5) is 32.0 Å². The number of carbonyl (C=O) groups is 3. The number of ether oxygens (including phenoxy) is 3. The number of halogens is 6. The fourth-order valence-corrected chi connectivity index (χ4v) is 2.99. The number of nitrogens with one attached hydrogen (secondary N) is 2. The van der Waals surface area contributed by atoms with Crippen LogP contribution in [0, 0.1) is 0 Å². The molecule has 0 aliphatic heterocycles. The summed E-state index contributed by atoms with van der Waals surface area (Å²) >= 11 is 0. The van der Waals surface area contributed by atoms with Gasteiger partial charge in [0.05, 0.1) is 26.0 Å². The first-order valence-corrected chi connectivity index (χ1v) is 10.5. The molecule has 0 aliphatic carbocycles. The van der Waals surface area contributed by atoms with Gasteiger partial charge >= 0.3 is 30.0 Å². The molecule has 0 saturated heterocycles. The molecule has 2 atom stereocenters. The summed E-state index contributed by atoms with van der Waals surface area (Å²) < 4.78 is 97.9. The van der Waals surface area contributed by atoms with Gasteiger partial charge in [0.15, 0.2) is 0 Å². The Hall–Kier alpha value is -3.23. The van der Waals surface area contributed by atoms with Crippen molar-refractivity contribution in [1.29, 1.82) is 0 Å². The van der Waals surface area contributed by atoms with E-state index in [9.17, 15) is 45.8 Å². The van der Waals surface area contributed by atoms with E-state index in [0.717, 1.165) is 7.11 Å². The van der Waals surface area contributed by atoms with Gasteiger partial charge in [0.1, 0.15) is 5.75 Å². The van der Waals surface area contributed by atoms with Gasteiger partial charge in [-0.15, -0.1) is 0 Å². The van der Waals surface area contributed by atoms with Crippen LogP contribution >= 0.6 is 0 Å². The Morgan fingerprint density at radius 1 is 0.917 bits per heavy atom. The lowest BCUT2D eigenvalue weighted by atomic mass is 9.92. The topological polar surface area (TPSA) is 123 Å². The summed E-state index contributed by atoms with van der Waals surface area (Å²) in [7, 11) is 0.955. The first-order chi connectivity index (χ1) is 16.5. The summed E-state index contributed by atoms with van der Waals surface area (Å²) in [5.74, 6) is -5.93. The molecule has 15 heteroatoms. The zero-order valence-electron chi connectivity index (χ0n) is 19.7. The van der Waals surface area contributed by atoms with E-state index in [0.29, 0.717) is 18.2 Å². The van der Waals surface area contributed by atoms with Crippen LogP contribution in [0.2, 0.25) is 0 Å². The molecule has 1 aromatic rings. The number of rotatable bonds is 11. The van der Waals surface area contributed by atoms with Gasteiger partial charge in [-0.1, -0.05) is 13.0 Å². The summed E-state index contributed by atoms with van der Waals surface area (Å²) in [4.78, 5) is 36.7. The maximum absolute atomic E-state index is 14.3. The van der Waals surface area contributed by atoms with Gasteiger partial charge in [-0.25, -0.2) is 9.59 Å². The minimum atomic E-state index is -5.66. The normalized spacial score (nSPS) is 15.2. The Labute approximate surface area is 202 Å². The highest BCUT2D eigenvalue weighted by atomic mass is 19.4. The van der Waals surface area contributed by atoms with Crippen molar-refractivity contribution in [2.24, 2.45) is 0 Å². The summed E-state index contributed by atoms with van der Waals surface area (Å²) in [5.41, 5.74) is -10.5. The number of anilines is 1. The maximum atomic E-state index is 14.3. The lowest BCUT2D eigenvalue weighted by Crippen LogP contribution is -2.69. The molecule has 0 bridgehead atoms. The molecule has 3 N–H and O–H groups in total. The van der Waals surface area contributed by atoms with Crippen molar-refractivity contribution in [3.8, 4) is 5.75 Å². The lowest BCUT2D eigenvalue weighted by Gasteiger charge is -2.36. The molecule has 204 valence electrons. The van der Waals surface area contributed by atoms with Crippen LogP contribution in [-0.4, -0.2) is 61.3 Å². The molecule has 0 unspecified atom stereocenters. The van der Waals surface area contributed by atoms with Crippen LogP contribution in [0.1, 0.15) is 39.2 Å². The molecule has 0 aliphatic rings. The standard InChI is InChI=1S/C21H26F6N2O7/c1-5-8-15(30)29-19(21(25,26)27,17(32)36-7-3)28-13-11-12(9-10-14(13)34-4)18(33,20(22,23)24)16(31)35-6-2/h9-11,28,33H,5-8H2,1-4H3,(H,29,30)/t18-,19-/m0/s1. The Morgan fingerprint density at radius 2 is 1.47 bits per heavy atom. The Bertz CT molecular complexity index is 954. The quantitative estimate of drug-likeness (QED) is 0.226. The summed E-state index contributed by atoms with van der Waals surface area (Å²) in [6, 6.07) is 1.60. The van der Waals surface area contributed by atoms with E-state index in [-0.39, 0.29) is 6.42 Å². The first-order valence-electron chi connectivity index (χ1n) is 10.5. The predicted octanol–water partition coefficient (Wildman–Crippen LogP) is 3.16. The summed E-state index contributed by atoms with van der Waals surface area (Å²) in [5, 5.41) is 13.5. The molecule has 0 aromatic heterocycles. The summed E-state index contributed by atoms with van der Waals surface area (Å²) in [6.45, 7) is 2.74. The van der Waals surface area contributed by atoms with Crippen molar-refractivity contribution in [2.75, 3.05) is 25.6 Å². The van der Waals surface area contributed by atoms with Crippen LogP contribution in [0.25, 0.3) is 0 Å². The van der Waals surface area contributed by atoms with Crippen molar-refractivity contribution >= 4 is 23.5 Å². The molecular formula is C21H26F6N2O7. The molecular weight excluding hydrogens is 506 g/mol. The number of amides is 1. The third kappa shape index (κ3) is 6.12. The van der Waals surface area contributed by atoms with Gasteiger partial charge in [0.2, 0.25) is 5.91 Å². The van der Waals surface area contributed by atoms with Gasteiger partial charge in [-0.2, -0.15) is 26.3 Å². The number of esters is 2. The molecule has 1 aromatic carbocycles. The Morgan fingerprint density at radius 3 is 1.92 bits per heavy atom. The lowest BCUT2D eigenvalue weighted by molar-refractivity contribution is -0.267. The Kier molecular flexibility index (Phi) is 9.98. The molecule has 1 amide bonds. The van der Waals surface area contributed by atoms with Crippen LogP contribution in [0.15, 0.2) is 18.2 Å². The van der Waals surface area contributed by atoms with Gasteiger partial charge in [0, 0.05) is 12.0 Å². The minimum absolute atomic E-state index is 0.0968. The highest BCUT2D eigenvalue weighted by molar-refractivity contribution is 5.92. The van der Waals surface area contributed by atoms with E-state index in [1.807, 2.05) is 0 Å². The van der Waals surface area contributed by atoms with E-state index in [1.165, 1.54) is 26.1 Å². The van der Waals surface area contributed by atoms with Crippen molar-refractivity contribution in [3.63, 3.8) is 0 Å². The largest absolute Gasteiger partial charge is 0.495 e. The predicted molar refractivity (Wildman–Crippen MR) is 112 cm³/mol. The van der Waals surface area contributed by atoms with E-state index in [1.54, 1.807) is 5.32 Å². The molecule has 9 nitrogen and oxygen atoms in total. The van der Waals surface area contributed by atoms with Gasteiger partial charge in [0.25, 0.3) is 5.60 Å². The van der Waals surface area contributed by atoms with Crippen LogP contribution in [-0.2, 0) is 29.5 Å². The van der Waals surface area contributed by atoms with Crippen LogP contribution in [0.3, 0.4) is 0 Å². The fourth-order valence-electron chi connectivity index (χ4n) is 2.99. The highest BCUT2D eigenvalue weighted by Gasteiger charge is 2.65. The average Bonchev–Trinajstić information content (AvgIpc) is 2.76. The van der Waals surface area contributed by atoms with Gasteiger partial charge < -0.3 is 30.0 Å². The molecule has 0 radical (unpaired) electrons. The van der Waals surface area contributed by atoms with E-state index < -0.39 is 78.1 Å². The summed E-state index contributed by atoms with van der Waals surface area (Å²) in [6.07, 6.45) is -11.6. The fraction of sp³-hybridized carbons (Fsp3) is 0.571. The van der Waals surface area contributed by atoms with Crippen LogP contribution < -0.4 is 15.4 Å². The SMILES string of the molecule is CCCC(=O)N[C@@](Nc1cc([C@](O)(C(=O)OCC)C(F)(F)F)ccc1OC)(C(=O)OCC)C(F)(F)F. The third-order valence-electron chi connectivity index (χ3n) is 4.73. The second-order valence-electron chi connectivity index (χ2n) is 7.24. The number of aliphatic hydroxyl groups is 1. The third-order valence-corrected chi connectivity index (χ3v) is 4.73. The van der Waals surface area contributed by atoms with Crippen molar-refractivity contribution in [3.05, 3.63) is 23.8 Å². The zero-order chi connectivity index (χ0) is 27.9. The number of alkyl halides is 6. The van der Waals surface area contributed by atoms with Gasteiger partial charge in [-0.3, -0.25) is 4.79 Å². The molecule has 0 fully saturated rings. The number of benzene rings is 1. The minimum Gasteiger partial charge on any atom is -0.495 e. The average molecular weight is 532 g/mol. The monoisotopic (exact) mass is 532 g/mol. The first kappa shape index (κ1) is 30.8. The van der Waals surface area contributed by atoms with E-state index >= 15 is 0 Å². The molecule has 0 spiro atoms. The zero-order valence-corrected chi connectivity index (χ0v) is 19.7. The number of hydrogen-bond acceptors (Lipinski definition) is 8. The molecule has 36 heavy (non-hydrogen) atoms.